The van der Waals surface area contributed by atoms with Crippen LogP contribution in [0.4, 0.5) is 0 Å². The van der Waals surface area contributed by atoms with Crippen LogP contribution >= 0.6 is 11.3 Å². The third-order valence-corrected chi connectivity index (χ3v) is 3.72. The average molecular weight is 318 g/mol. The van der Waals surface area contributed by atoms with Gasteiger partial charge in [-0.3, -0.25) is 4.79 Å². The van der Waals surface area contributed by atoms with Crippen LogP contribution in [0.2, 0.25) is 0 Å². The van der Waals surface area contributed by atoms with Gasteiger partial charge < -0.3 is 10.1 Å². The molecule has 0 aliphatic rings. The van der Waals surface area contributed by atoms with Gasteiger partial charge in [-0.05, 0) is 31.9 Å². The second-order valence-corrected chi connectivity index (χ2v) is 6.73. The number of carbonyl (C=O) groups is 1. The van der Waals surface area contributed by atoms with Crippen molar-refractivity contribution in [1.82, 2.24) is 10.3 Å². The molecule has 1 amide bonds. The molecule has 2 rings (SSSR count). The van der Waals surface area contributed by atoms with Crippen LogP contribution in [-0.4, -0.2) is 23.5 Å². The van der Waals surface area contributed by atoms with Crippen LogP contribution in [0.25, 0.3) is 10.6 Å². The van der Waals surface area contributed by atoms with Crippen molar-refractivity contribution in [1.29, 1.82) is 0 Å². The van der Waals surface area contributed by atoms with E-state index in [9.17, 15) is 4.79 Å². The van der Waals surface area contributed by atoms with Crippen molar-refractivity contribution in [3.8, 4) is 16.3 Å². The van der Waals surface area contributed by atoms with Crippen LogP contribution in [0.1, 0.15) is 38.2 Å². The summed E-state index contributed by atoms with van der Waals surface area (Å²) in [6, 6.07) is 7.90. The molecular formula is C17H22N2O2S. The second-order valence-electron chi connectivity index (χ2n) is 5.87. The number of nitrogens with one attached hydrogen (secondary N) is 1. The number of rotatable bonds is 6. The predicted molar refractivity (Wildman–Crippen MR) is 90.5 cm³/mol. The van der Waals surface area contributed by atoms with Crippen LogP contribution < -0.4 is 10.1 Å². The van der Waals surface area contributed by atoms with Gasteiger partial charge in [0.2, 0.25) is 0 Å². The number of hydrogen-bond donors (Lipinski definition) is 1. The van der Waals surface area contributed by atoms with Gasteiger partial charge in [0.05, 0.1) is 12.2 Å². The minimum Gasteiger partial charge on any atom is -0.493 e. The van der Waals surface area contributed by atoms with Gasteiger partial charge in [0.15, 0.2) is 0 Å². The van der Waals surface area contributed by atoms with Gasteiger partial charge in [0.25, 0.3) is 5.91 Å². The number of hydrogen-bond acceptors (Lipinski definition) is 4. The first-order valence-electron chi connectivity index (χ1n) is 7.46. The number of amides is 1. The largest absolute Gasteiger partial charge is 0.493 e. The highest BCUT2D eigenvalue weighted by Gasteiger charge is 2.15. The zero-order chi connectivity index (χ0) is 16.1. The first kappa shape index (κ1) is 16.5. The molecule has 1 aromatic heterocycles. The van der Waals surface area contributed by atoms with Gasteiger partial charge in [-0.2, -0.15) is 0 Å². The Balaban J connectivity index is 2.22. The Labute approximate surface area is 135 Å². The molecule has 1 N–H and O–H groups in total. The number of nitrogens with zero attached hydrogens (tertiary/aromatic N) is 1. The summed E-state index contributed by atoms with van der Waals surface area (Å²) in [6.07, 6.45) is 0. The van der Waals surface area contributed by atoms with Crippen LogP contribution in [0, 0.1) is 5.92 Å². The molecular weight excluding hydrogens is 296 g/mol. The van der Waals surface area contributed by atoms with Gasteiger partial charge in [0, 0.05) is 11.4 Å². The summed E-state index contributed by atoms with van der Waals surface area (Å²) >= 11 is 1.45. The lowest BCUT2D eigenvalue weighted by molar-refractivity contribution is 0.0939. The molecule has 0 unspecified atom stereocenters. The highest BCUT2D eigenvalue weighted by atomic mass is 32.1. The maximum Gasteiger partial charge on any atom is 0.270 e. The highest BCUT2D eigenvalue weighted by molar-refractivity contribution is 7.13. The van der Waals surface area contributed by atoms with Gasteiger partial charge in [0.1, 0.15) is 16.5 Å². The quantitative estimate of drug-likeness (QED) is 0.876. The van der Waals surface area contributed by atoms with Crippen molar-refractivity contribution in [3.05, 3.63) is 35.3 Å². The standard InChI is InChI=1S/C17H22N2O2S/c1-11(2)9-21-15-8-6-5-7-13(15)17-19-14(10-22-17)16(20)18-12(3)4/h5-8,10-12H,9H2,1-4H3,(H,18,20). The van der Waals surface area contributed by atoms with Gasteiger partial charge >= 0.3 is 0 Å². The highest BCUT2D eigenvalue weighted by Crippen LogP contribution is 2.32. The number of carbonyl (C=O) groups excluding carboxylic acids is 1. The van der Waals surface area contributed by atoms with Crippen molar-refractivity contribution < 1.29 is 9.53 Å². The van der Waals surface area contributed by atoms with Crippen molar-refractivity contribution in [2.75, 3.05) is 6.61 Å². The van der Waals surface area contributed by atoms with E-state index in [-0.39, 0.29) is 11.9 Å². The molecule has 0 aliphatic heterocycles. The summed E-state index contributed by atoms with van der Waals surface area (Å²) in [6.45, 7) is 8.74. The molecule has 2 aromatic rings. The van der Waals surface area contributed by atoms with Crippen LogP contribution in [0.5, 0.6) is 5.75 Å². The van der Waals surface area contributed by atoms with E-state index >= 15 is 0 Å². The van der Waals surface area contributed by atoms with Gasteiger partial charge in [-0.15, -0.1) is 11.3 Å². The molecule has 0 saturated heterocycles. The Morgan fingerprint density at radius 2 is 2.00 bits per heavy atom. The summed E-state index contributed by atoms with van der Waals surface area (Å²) in [7, 11) is 0. The molecule has 0 radical (unpaired) electrons. The van der Waals surface area contributed by atoms with E-state index in [0.717, 1.165) is 16.3 Å². The molecule has 0 saturated carbocycles. The average Bonchev–Trinajstić information content (AvgIpc) is 2.94. The third kappa shape index (κ3) is 4.31. The predicted octanol–water partition coefficient (Wildman–Crippen LogP) is 3.98. The first-order chi connectivity index (χ1) is 10.5. The Hall–Kier alpha value is -1.88. The Kier molecular flexibility index (Phi) is 5.55. The van der Waals surface area contributed by atoms with Crippen LogP contribution in [0.3, 0.4) is 0 Å². The minimum atomic E-state index is -0.141. The molecule has 0 aliphatic carbocycles. The fourth-order valence-electron chi connectivity index (χ4n) is 1.86. The normalized spacial score (nSPS) is 11.0. The summed E-state index contributed by atoms with van der Waals surface area (Å²) in [4.78, 5) is 16.4. The van der Waals surface area contributed by atoms with E-state index in [1.165, 1.54) is 11.3 Å². The zero-order valence-corrected chi connectivity index (χ0v) is 14.2. The molecule has 0 atom stereocenters. The lowest BCUT2D eigenvalue weighted by atomic mass is 10.2. The van der Waals surface area contributed by atoms with E-state index < -0.39 is 0 Å². The van der Waals surface area contributed by atoms with Crippen molar-refractivity contribution in [2.45, 2.75) is 33.7 Å². The van der Waals surface area contributed by atoms with E-state index in [4.69, 9.17) is 4.74 Å². The smallest absolute Gasteiger partial charge is 0.270 e. The molecule has 0 spiro atoms. The molecule has 1 heterocycles. The number of thiazole rings is 1. The summed E-state index contributed by atoms with van der Waals surface area (Å²) in [5.74, 6) is 1.12. The molecule has 5 heteroatoms. The van der Waals surface area contributed by atoms with Crippen LogP contribution in [0.15, 0.2) is 29.6 Å². The summed E-state index contributed by atoms with van der Waals surface area (Å²) < 4.78 is 5.85. The SMILES string of the molecule is CC(C)COc1ccccc1-c1nc(C(=O)NC(C)C)cs1. The third-order valence-electron chi connectivity index (χ3n) is 2.85. The fourth-order valence-corrected chi connectivity index (χ4v) is 2.69. The molecule has 1 aromatic carbocycles. The Morgan fingerprint density at radius 1 is 1.27 bits per heavy atom. The number of aromatic nitrogens is 1. The topological polar surface area (TPSA) is 51.2 Å². The van der Waals surface area contributed by atoms with E-state index in [1.54, 1.807) is 5.38 Å². The maximum atomic E-state index is 12.0. The van der Waals surface area contributed by atoms with E-state index in [0.29, 0.717) is 18.2 Å². The van der Waals surface area contributed by atoms with Gasteiger partial charge in [-0.25, -0.2) is 4.98 Å². The van der Waals surface area contributed by atoms with Crippen LogP contribution in [-0.2, 0) is 0 Å². The summed E-state index contributed by atoms with van der Waals surface area (Å²) in [5.41, 5.74) is 1.38. The Bertz CT molecular complexity index is 635. The number of para-hydroxylation sites is 1. The number of benzene rings is 1. The zero-order valence-electron chi connectivity index (χ0n) is 13.4. The second kappa shape index (κ2) is 7.40. The van der Waals surface area contributed by atoms with E-state index in [2.05, 4.69) is 24.1 Å². The lowest BCUT2D eigenvalue weighted by Crippen LogP contribution is -2.30. The molecule has 4 nitrogen and oxygen atoms in total. The fraction of sp³-hybridized carbons (Fsp3) is 0.412. The molecule has 22 heavy (non-hydrogen) atoms. The van der Waals surface area contributed by atoms with Crippen molar-refractivity contribution >= 4 is 17.2 Å². The first-order valence-corrected chi connectivity index (χ1v) is 8.34. The lowest BCUT2D eigenvalue weighted by Gasteiger charge is -2.11. The molecule has 118 valence electrons. The van der Waals surface area contributed by atoms with E-state index in [1.807, 2.05) is 38.1 Å². The monoisotopic (exact) mass is 318 g/mol. The Morgan fingerprint density at radius 3 is 2.68 bits per heavy atom. The maximum absolute atomic E-state index is 12.0. The molecule has 0 bridgehead atoms. The minimum absolute atomic E-state index is 0.0966. The van der Waals surface area contributed by atoms with Crippen molar-refractivity contribution in [3.63, 3.8) is 0 Å². The molecule has 0 fully saturated rings. The van der Waals surface area contributed by atoms with Crippen molar-refractivity contribution in [2.24, 2.45) is 5.92 Å². The summed E-state index contributed by atoms with van der Waals surface area (Å²) in [5, 5.41) is 5.44. The number of ether oxygens (including phenoxy) is 1. The van der Waals surface area contributed by atoms with Gasteiger partial charge in [-0.1, -0.05) is 26.0 Å².